The lowest BCUT2D eigenvalue weighted by Crippen LogP contribution is -2.27. The summed E-state index contributed by atoms with van der Waals surface area (Å²) in [6, 6.07) is 12.9. The van der Waals surface area contributed by atoms with Gasteiger partial charge in [0.25, 0.3) is 0 Å². The second-order valence-corrected chi connectivity index (χ2v) is 7.77. The second kappa shape index (κ2) is 7.68. The van der Waals surface area contributed by atoms with Crippen molar-refractivity contribution in [3.8, 4) is 11.5 Å². The number of sulfonamides is 1. The van der Waals surface area contributed by atoms with Crippen LogP contribution in [0, 0.1) is 6.92 Å². The number of nitrogens with zero attached hydrogens (tertiary/aromatic N) is 1. The molecule has 0 aliphatic heterocycles. The van der Waals surface area contributed by atoms with E-state index in [0.29, 0.717) is 11.5 Å². The van der Waals surface area contributed by atoms with Crippen molar-refractivity contribution in [1.29, 1.82) is 0 Å². The maximum Gasteiger partial charge on any atom is 0.218 e. The van der Waals surface area contributed by atoms with Crippen LogP contribution in [0.25, 0.3) is 0 Å². The molecule has 0 amide bonds. The second-order valence-electron chi connectivity index (χ2n) is 5.69. The molecule has 5 nitrogen and oxygen atoms in total. The largest absolute Gasteiger partial charge is 0.493 e. The van der Waals surface area contributed by atoms with Gasteiger partial charge in [-0.25, -0.2) is 12.7 Å². The Balaban J connectivity index is 2.14. The van der Waals surface area contributed by atoms with E-state index in [1.165, 1.54) is 4.31 Å². The van der Waals surface area contributed by atoms with Crippen LogP contribution >= 0.6 is 0 Å². The SMILES string of the molecule is COc1ccc(CN(C)S(=O)(=O)Cc2cccc(C)c2)cc1OC. The summed E-state index contributed by atoms with van der Waals surface area (Å²) in [5, 5.41) is 0. The summed E-state index contributed by atoms with van der Waals surface area (Å²) >= 11 is 0. The van der Waals surface area contributed by atoms with Crippen LogP contribution in [0.15, 0.2) is 42.5 Å². The minimum Gasteiger partial charge on any atom is -0.493 e. The Labute approximate surface area is 143 Å². The van der Waals surface area contributed by atoms with E-state index >= 15 is 0 Å². The third-order valence-corrected chi connectivity index (χ3v) is 5.54. The van der Waals surface area contributed by atoms with Crippen LogP contribution in [0.5, 0.6) is 11.5 Å². The van der Waals surface area contributed by atoms with Gasteiger partial charge in [0.2, 0.25) is 10.0 Å². The zero-order chi connectivity index (χ0) is 17.7. The standard InChI is InChI=1S/C18H23NO4S/c1-14-6-5-7-16(10-14)13-24(20,21)19(2)12-15-8-9-17(22-3)18(11-15)23-4/h5-11H,12-13H2,1-4H3. The van der Waals surface area contributed by atoms with Gasteiger partial charge >= 0.3 is 0 Å². The topological polar surface area (TPSA) is 55.8 Å². The number of hydrogen-bond acceptors (Lipinski definition) is 4. The van der Waals surface area contributed by atoms with Crippen molar-refractivity contribution in [2.75, 3.05) is 21.3 Å². The lowest BCUT2D eigenvalue weighted by atomic mass is 10.2. The predicted octanol–water partition coefficient (Wildman–Crippen LogP) is 2.97. The van der Waals surface area contributed by atoms with Gasteiger partial charge in [-0.1, -0.05) is 35.9 Å². The van der Waals surface area contributed by atoms with E-state index in [-0.39, 0.29) is 12.3 Å². The van der Waals surface area contributed by atoms with Crippen LogP contribution in [0.3, 0.4) is 0 Å². The summed E-state index contributed by atoms with van der Waals surface area (Å²) in [7, 11) is 1.30. The molecule has 0 saturated carbocycles. The number of benzene rings is 2. The molecule has 0 bridgehead atoms. The monoisotopic (exact) mass is 349 g/mol. The lowest BCUT2D eigenvalue weighted by molar-refractivity contribution is 0.354. The van der Waals surface area contributed by atoms with Crippen LogP contribution in [-0.2, 0) is 22.3 Å². The molecule has 0 radical (unpaired) electrons. The average Bonchev–Trinajstić information content (AvgIpc) is 2.54. The van der Waals surface area contributed by atoms with Crippen LogP contribution in [-0.4, -0.2) is 34.0 Å². The molecule has 0 spiro atoms. The zero-order valence-corrected chi connectivity index (χ0v) is 15.3. The third kappa shape index (κ3) is 4.49. The molecule has 2 aromatic carbocycles. The summed E-state index contributed by atoms with van der Waals surface area (Å²) in [6.45, 7) is 2.22. The van der Waals surface area contributed by atoms with Crippen molar-refractivity contribution in [3.05, 3.63) is 59.2 Å². The Morgan fingerprint density at radius 2 is 1.67 bits per heavy atom. The summed E-state index contributed by atoms with van der Waals surface area (Å²) in [6.07, 6.45) is 0. The molecule has 130 valence electrons. The maximum atomic E-state index is 12.6. The molecule has 0 N–H and O–H groups in total. The molecule has 0 atom stereocenters. The normalized spacial score (nSPS) is 11.5. The number of hydrogen-bond donors (Lipinski definition) is 0. The smallest absolute Gasteiger partial charge is 0.218 e. The summed E-state index contributed by atoms with van der Waals surface area (Å²) < 4.78 is 36.9. The Morgan fingerprint density at radius 1 is 0.958 bits per heavy atom. The maximum absolute atomic E-state index is 12.6. The molecule has 6 heteroatoms. The Morgan fingerprint density at radius 3 is 2.29 bits per heavy atom. The highest BCUT2D eigenvalue weighted by molar-refractivity contribution is 7.88. The molecular weight excluding hydrogens is 326 g/mol. The summed E-state index contributed by atoms with van der Waals surface area (Å²) in [5.41, 5.74) is 2.67. The molecule has 2 rings (SSSR count). The van der Waals surface area contributed by atoms with Crippen LogP contribution in [0.2, 0.25) is 0 Å². The van der Waals surface area contributed by atoms with Crippen molar-refractivity contribution in [1.82, 2.24) is 4.31 Å². The Hall–Kier alpha value is -2.05. The van der Waals surface area contributed by atoms with Gasteiger partial charge in [0, 0.05) is 13.6 Å². The highest BCUT2D eigenvalue weighted by Crippen LogP contribution is 2.28. The first-order chi connectivity index (χ1) is 11.4. The Kier molecular flexibility index (Phi) is 5.85. The summed E-state index contributed by atoms with van der Waals surface area (Å²) in [4.78, 5) is 0. The van der Waals surface area contributed by atoms with Gasteiger partial charge in [-0.3, -0.25) is 0 Å². The minimum atomic E-state index is -3.40. The Bertz CT molecular complexity index is 802. The fourth-order valence-corrected chi connectivity index (χ4v) is 3.62. The predicted molar refractivity (Wildman–Crippen MR) is 94.8 cm³/mol. The zero-order valence-electron chi connectivity index (χ0n) is 14.4. The number of methoxy groups -OCH3 is 2. The molecule has 0 saturated heterocycles. The van der Waals surface area contributed by atoms with Crippen molar-refractivity contribution in [2.45, 2.75) is 19.2 Å². The van der Waals surface area contributed by atoms with Gasteiger partial charge < -0.3 is 9.47 Å². The van der Waals surface area contributed by atoms with Crippen LogP contribution in [0.4, 0.5) is 0 Å². The molecule has 0 aromatic heterocycles. The van der Waals surface area contributed by atoms with Crippen molar-refractivity contribution < 1.29 is 17.9 Å². The van der Waals surface area contributed by atoms with Crippen LogP contribution < -0.4 is 9.47 Å². The van der Waals surface area contributed by atoms with E-state index in [4.69, 9.17) is 9.47 Å². The molecule has 0 unspecified atom stereocenters. The molecule has 0 fully saturated rings. The first-order valence-electron chi connectivity index (χ1n) is 7.56. The third-order valence-electron chi connectivity index (χ3n) is 3.76. The highest BCUT2D eigenvalue weighted by atomic mass is 32.2. The fourth-order valence-electron chi connectivity index (χ4n) is 2.46. The van der Waals surface area contributed by atoms with E-state index in [1.54, 1.807) is 33.4 Å². The van der Waals surface area contributed by atoms with Crippen LogP contribution in [0.1, 0.15) is 16.7 Å². The minimum absolute atomic E-state index is 0.0154. The van der Waals surface area contributed by atoms with Crippen molar-refractivity contribution in [2.24, 2.45) is 0 Å². The van der Waals surface area contributed by atoms with Gasteiger partial charge in [-0.15, -0.1) is 0 Å². The molecule has 2 aromatic rings. The molecule has 0 heterocycles. The van der Waals surface area contributed by atoms with Gasteiger partial charge in [0.15, 0.2) is 11.5 Å². The average molecular weight is 349 g/mol. The van der Waals surface area contributed by atoms with Gasteiger partial charge in [-0.05, 0) is 30.2 Å². The van der Waals surface area contributed by atoms with E-state index in [9.17, 15) is 8.42 Å². The highest BCUT2D eigenvalue weighted by Gasteiger charge is 2.19. The van der Waals surface area contributed by atoms with E-state index < -0.39 is 10.0 Å². The van der Waals surface area contributed by atoms with Crippen molar-refractivity contribution >= 4 is 10.0 Å². The van der Waals surface area contributed by atoms with Gasteiger partial charge in [0.1, 0.15) is 0 Å². The molecule has 0 aliphatic carbocycles. The van der Waals surface area contributed by atoms with E-state index in [2.05, 4.69) is 0 Å². The quantitative estimate of drug-likeness (QED) is 0.771. The van der Waals surface area contributed by atoms with Gasteiger partial charge in [0.05, 0.1) is 20.0 Å². The molecular formula is C18H23NO4S. The fraction of sp³-hybridized carbons (Fsp3) is 0.333. The molecule has 24 heavy (non-hydrogen) atoms. The van der Waals surface area contributed by atoms with E-state index in [0.717, 1.165) is 16.7 Å². The number of rotatable bonds is 7. The first kappa shape index (κ1) is 18.3. The van der Waals surface area contributed by atoms with Crippen molar-refractivity contribution in [3.63, 3.8) is 0 Å². The number of aryl methyl sites for hydroxylation is 1. The van der Waals surface area contributed by atoms with E-state index in [1.807, 2.05) is 37.3 Å². The number of ether oxygens (including phenoxy) is 2. The lowest BCUT2D eigenvalue weighted by Gasteiger charge is -2.18. The summed E-state index contributed by atoms with van der Waals surface area (Å²) in [5.74, 6) is 1.18. The first-order valence-corrected chi connectivity index (χ1v) is 9.17. The van der Waals surface area contributed by atoms with Gasteiger partial charge in [-0.2, -0.15) is 0 Å². The molecule has 0 aliphatic rings.